The number of fused-ring (bicyclic) bond motifs is 1. The van der Waals surface area contributed by atoms with Gasteiger partial charge in [-0.2, -0.15) is 0 Å². The summed E-state index contributed by atoms with van der Waals surface area (Å²) in [6, 6.07) is 1.66. The highest BCUT2D eigenvalue weighted by atomic mass is 32.1. The molecule has 0 spiro atoms. The Morgan fingerprint density at radius 1 is 1.39 bits per heavy atom. The molecular formula is C20H24N4O3S. The number of rotatable bonds is 5. The Hall–Kier alpha value is -2.45. The SMILES string of the molecule is Cc1noc(C)c1CN1CCc2c(C(=O)N(C)C(C)c3ccon3)csc2C1. The van der Waals surface area contributed by atoms with Crippen molar-refractivity contribution in [1.29, 1.82) is 0 Å². The summed E-state index contributed by atoms with van der Waals surface area (Å²) in [7, 11) is 1.82. The summed E-state index contributed by atoms with van der Waals surface area (Å²) in [4.78, 5) is 18.5. The van der Waals surface area contributed by atoms with Crippen molar-refractivity contribution in [3.05, 3.63) is 56.4 Å². The lowest BCUT2D eigenvalue weighted by molar-refractivity contribution is 0.0736. The minimum absolute atomic E-state index is 0.0344. The molecule has 3 aromatic heterocycles. The third-order valence-electron chi connectivity index (χ3n) is 5.61. The second-order valence-electron chi connectivity index (χ2n) is 7.33. The van der Waals surface area contributed by atoms with E-state index in [4.69, 9.17) is 9.05 Å². The number of carbonyl (C=O) groups is 1. The lowest BCUT2D eigenvalue weighted by atomic mass is 10.0. The quantitative estimate of drug-likeness (QED) is 0.650. The molecule has 1 atom stereocenters. The molecule has 4 rings (SSSR count). The predicted octanol–water partition coefficient (Wildman–Crippen LogP) is 3.73. The van der Waals surface area contributed by atoms with Gasteiger partial charge in [-0.15, -0.1) is 11.3 Å². The Morgan fingerprint density at radius 3 is 2.89 bits per heavy atom. The van der Waals surface area contributed by atoms with E-state index in [1.54, 1.807) is 22.3 Å². The number of nitrogens with zero attached hydrogens (tertiary/aromatic N) is 4. The number of aryl methyl sites for hydroxylation is 2. The minimum Gasteiger partial charge on any atom is -0.364 e. The van der Waals surface area contributed by atoms with Crippen LogP contribution in [0.3, 0.4) is 0 Å². The minimum atomic E-state index is -0.138. The van der Waals surface area contributed by atoms with E-state index in [1.165, 1.54) is 16.7 Å². The van der Waals surface area contributed by atoms with Gasteiger partial charge in [0.2, 0.25) is 0 Å². The van der Waals surface area contributed by atoms with E-state index in [-0.39, 0.29) is 11.9 Å². The highest BCUT2D eigenvalue weighted by molar-refractivity contribution is 7.10. The van der Waals surface area contributed by atoms with E-state index in [0.29, 0.717) is 0 Å². The van der Waals surface area contributed by atoms with Crippen LogP contribution in [-0.2, 0) is 19.5 Å². The predicted molar refractivity (Wildman–Crippen MR) is 105 cm³/mol. The van der Waals surface area contributed by atoms with Crippen molar-refractivity contribution in [2.24, 2.45) is 0 Å². The monoisotopic (exact) mass is 400 g/mol. The average Bonchev–Trinajstić information content (AvgIpc) is 3.43. The van der Waals surface area contributed by atoms with Gasteiger partial charge in [0.05, 0.1) is 17.3 Å². The van der Waals surface area contributed by atoms with Crippen LogP contribution < -0.4 is 0 Å². The van der Waals surface area contributed by atoms with Crippen LogP contribution in [-0.4, -0.2) is 39.6 Å². The van der Waals surface area contributed by atoms with Gasteiger partial charge in [0, 0.05) is 48.6 Å². The van der Waals surface area contributed by atoms with Crippen LogP contribution in [0.5, 0.6) is 0 Å². The van der Waals surface area contributed by atoms with Crippen LogP contribution in [0.15, 0.2) is 26.8 Å². The van der Waals surface area contributed by atoms with Gasteiger partial charge in [0.25, 0.3) is 5.91 Å². The van der Waals surface area contributed by atoms with Crippen molar-refractivity contribution < 1.29 is 13.8 Å². The molecule has 7 nitrogen and oxygen atoms in total. The van der Waals surface area contributed by atoms with Crippen molar-refractivity contribution in [2.45, 2.75) is 46.3 Å². The number of amides is 1. The van der Waals surface area contributed by atoms with Crippen molar-refractivity contribution in [2.75, 3.05) is 13.6 Å². The van der Waals surface area contributed by atoms with Crippen LogP contribution in [0, 0.1) is 13.8 Å². The zero-order valence-electron chi connectivity index (χ0n) is 16.6. The third-order valence-corrected chi connectivity index (χ3v) is 6.62. The summed E-state index contributed by atoms with van der Waals surface area (Å²) in [5.74, 6) is 0.918. The fraction of sp³-hybridized carbons (Fsp3) is 0.450. The molecule has 0 fully saturated rings. The molecule has 0 N–H and O–H groups in total. The maximum absolute atomic E-state index is 13.1. The maximum Gasteiger partial charge on any atom is 0.255 e. The van der Waals surface area contributed by atoms with Gasteiger partial charge in [-0.25, -0.2) is 0 Å². The zero-order chi connectivity index (χ0) is 19.8. The Bertz CT molecular complexity index is 956. The lowest BCUT2D eigenvalue weighted by Gasteiger charge is -2.28. The number of thiophene rings is 1. The molecule has 3 aromatic rings. The Balaban J connectivity index is 1.48. The first-order valence-electron chi connectivity index (χ1n) is 9.36. The van der Waals surface area contributed by atoms with Crippen molar-refractivity contribution in [1.82, 2.24) is 20.1 Å². The van der Waals surface area contributed by atoms with Crippen LogP contribution >= 0.6 is 11.3 Å². The van der Waals surface area contributed by atoms with Gasteiger partial charge in [-0.05, 0) is 32.8 Å². The molecule has 148 valence electrons. The van der Waals surface area contributed by atoms with Gasteiger partial charge < -0.3 is 13.9 Å². The molecule has 1 amide bonds. The molecule has 0 aromatic carbocycles. The number of hydrogen-bond acceptors (Lipinski definition) is 7. The molecule has 0 saturated carbocycles. The molecule has 1 aliphatic heterocycles. The molecule has 0 saturated heterocycles. The first kappa shape index (κ1) is 18.9. The number of aromatic nitrogens is 2. The molecule has 0 bridgehead atoms. The molecule has 28 heavy (non-hydrogen) atoms. The fourth-order valence-corrected chi connectivity index (χ4v) is 4.76. The standard InChI is InChI=1S/C20H24N4O3S/c1-12-16(14(3)27-21-12)9-24-7-5-15-17(11-28-19(15)10-24)20(25)23(4)13(2)18-6-8-26-22-18/h6,8,11,13H,5,7,9-10H2,1-4H3. The van der Waals surface area contributed by atoms with Crippen LogP contribution in [0.25, 0.3) is 0 Å². The smallest absolute Gasteiger partial charge is 0.255 e. The summed E-state index contributed by atoms with van der Waals surface area (Å²) >= 11 is 1.67. The van der Waals surface area contributed by atoms with Crippen LogP contribution in [0.2, 0.25) is 0 Å². The van der Waals surface area contributed by atoms with E-state index in [0.717, 1.165) is 54.3 Å². The zero-order valence-corrected chi connectivity index (χ0v) is 17.4. The van der Waals surface area contributed by atoms with E-state index in [9.17, 15) is 4.79 Å². The number of carbonyl (C=O) groups excluding carboxylic acids is 1. The molecule has 1 unspecified atom stereocenters. The normalized spacial score (nSPS) is 15.4. The Morgan fingerprint density at radius 2 is 2.21 bits per heavy atom. The van der Waals surface area contributed by atoms with E-state index >= 15 is 0 Å². The Kier molecular flexibility index (Phi) is 5.07. The summed E-state index contributed by atoms with van der Waals surface area (Å²) in [5, 5.41) is 10.0. The van der Waals surface area contributed by atoms with E-state index in [2.05, 4.69) is 15.2 Å². The fourth-order valence-electron chi connectivity index (χ4n) is 3.65. The van der Waals surface area contributed by atoms with Crippen LogP contribution in [0.4, 0.5) is 0 Å². The molecule has 1 aliphatic rings. The summed E-state index contributed by atoms with van der Waals surface area (Å²) in [6.45, 7) is 8.48. The average molecular weight is 401 g/mol. The van der Waals surface area contributed by atoms with Crippen LogP contribution in [0.1, 0.15) is 56.5 Å². The lowest BCUT2D eigenvalue weighted by Crippen LogP contribution is -2.33. The molecule has 8 heteroatoms. The van der Waals surface area contributed by atoms with Crippen molar-refractivity contribution in [3.8, 4) is 0 Å². The van der Waals surface area contributed by atoms with Gasteiger partial charge in [-0.3, -0.25) is 9.69 Å². The van der Waals surface area contributed by atoms with Gasteiger partial charge >= 0.3 is 0 Å². The number of hydrogen-bond donors (Lipinski definition) is 0. The second kappa shape index (κ2) is 7.52. The van der Waals surface area contributed by atoms with E-state index < -0.39 is 0 Å². The first-order chi connectivity index (χ1) is 13.5. The summed E-state index contributed by atoms with van der Waals surface area (Å²) in [6.07, 6.45) is 2.40. The second-order valence-corrected chi connectivity index (χ2v) is 8.30. The first-order valence-corrected chi connectivity index (χ1v) is 10.2. The topological polar surface area (TPSA) is 75.6 Å². The Labute approximate surface area is 167 Å². The van der Waals surface area contributed by atoms with Gasteiger partial charge in [0.15, 0.2) is 0 Å². The maximum atomic E-state index is 13.1. The largest absolute Gasteiger partial charge is 0.364 e. The molecule has 0 radical (unpaired) electrons. The molecule has 4 heterocycles. The van der Waals surface area contributed by atoms with Gasteiger partial charge in [-0.1, -0.05) is 10.3 Å². The highest BCUT2D eigenvalue weighted by Crippen LogP contribution is 2.32. The van der Waals surface area contributed by atoms with Gasteiger partial charge in [0.1, 0.15) is 17.7 Å². The molecule has 0 aliphatic carbocycles. The molecular weight excluding hydrogens is 376 g/mol. The summed E-state index contributed by atoms with van der Waals surface area (Å²) in [5.41, 5.74) is 4.87. The third kappa shape index (κ3) is 3.38. The van der Waals surface area contributed by atoms with Crippen molar-refractivity contribution >= 4 is 17.2 Å². The van der Waals surface area contributed by atoms with Crippen molar-refractivity contribution in [3.63, 3.8) is 0 Å². The van der Waals surface area contributed by atoms with E-state index in [1.807, 2.05) is 33.2 Å². The highest BCUT2D eigenvalue weighted by Gasteiger charge is 2.28. The summed E-state index contributed by atoms with van der Waals surface area (Å²) < 4.78 is 10.2.